The maximum absolute atomic E-state index is 12.4. The van der Waals surface area contributed by atoms with Crippen molar-refractivity contribution in [2.45, 2.75) is 211 Å². The van der Waals surface area contributed by atoms with E-state index < -0.39 is 114 Å². The average Bonchev–Trinajstić information content (AvgIpc) is 3.71. The van der Waals surface area contributed by atoms with Gasteiger partial charge in [0.05, 0.1) is 48.3 Å². The Balaban J connectivity index is 1.26. The summed E-state index contributed by atoms with van der Waals surface area (Å²) in [5.41, 5.74) is -3.36. The molecule has 7 rings (SSSR count). The Morgan fingerprint density at radius 1 is 0.732 bits per heavy atom. The van der Waals surface area contributed by atoms with Crippen molar-refractivity contribution < 1.29 is 69.6 Å². The molecule has 0 aromatic heterocycles. The fraction of sp³-hybridized carbons (Fsp3) is 1.00. The van der Waals surface area contributed by atoms with E-state index in [1.165, 1.54) is 6.92 Å². The molecule has 0 bridgehead atoms. The number of fused-ring (bicyclic) bond motifs is 5. The van der Waals surface area contributed by atoms with Crippen LogP contribution in [0.15, 0.2) is 0 Å². The first-order valence-electron chi connectivity index (χ1n) is 21.2. The lowest BCUT2D eigenvalue weighted by Crippen LogP contribution is -2.71. The second-order valence-corrected chi connectivity index (χ2v) is 21.2. The summed E-state index contributed by atoms with van der Waals surface area (Å²) in [4.78, 5) is 0. The normalized spacial score (nSPS) is 57.3. The number of hydrogen-bond acceptors (Lipinski definition) is 14. The van der Waals surface area contributed by atoms with E-state index in [4.69, 9.17) is 23.7 Å². The van der Waals surface area contributed by atoms with Gasteiger partial charge in [0, 0.05) is 0 Å². The SMILES string of the molecule is C[C@@H]1O[C@H](O[C@H]2[C@@H](O[C@H]3C[C@]4(C)[C@@H](C[C@@H](O)[C@H]5[C@@H]([C@]6(C)CC[C@H](C(C)(C)O)O6)CC[C@]54C)[C@@]4(C)CC[C@H](O)C(C)(C)[C@H]34)O[C@H](CO)[C@@H](O)[C@@H]2O)[C@H](O)[C@H](O)[C@H]1O. The Bertz CT molecular complexity index is 1430. The molecule has 3 heterocycles. The van der Waals surface area contributed by atoms with E-state index in [-0.39, 0.29) is 35.2 Å². The fourth-order valence-corrected chi connectivity index (χ4v) is 14.1. The van der Waals surface area contributed by atoms with Crippen LogP contribution >= 0.6 is 0 Å². The van der Waals surface area contributed by atoms with Crippen molar-refractivity contribution in [2.75, 3.05) is 6.61 Å². The first-order valence-corrected chi connectivity index (χ1v) is 21.2. The first-order chi connectivity index (χ1) is 25.9. The standard InChI is InChI=1S/C42H72O14/c1-19-28(46)30(48)32(50)35(52-19)55-33-31(49)29(47)23(18-43)54-36(33)53-22-17-41(8)24(39(6)13-11-25(45)37(2,3)34(22)39)16-21(44)27-20(10-14-40(27,41)7)42(9)15-12-26(56-42)38(4,5)51/h19-36,43-51H,10-18H2,1-9H3/t19-,20-,21+,22-,23+,24-,25-,26+,27+,28-,29+,30+,31-,32+,33+,34-,35+,36-,39+,40+,41+,42-/m0/s1. The van der Waals surface area contributed by atoms with Gasteiger partial charge in [-0.25, -0.2) is 0 Å². The van der Waals surface area contributed by atoms with E-state index in [0.29, 0.717) is 25.7 Å². The van der Waals surface area contributed by atoms with Gasteiger partial charge < -0.3 is 69.6 Å². The van der Waals surface area contributed by atoms with Gasteiger partial charge in [-0.3, -0.25) is 0 Å². The molecule has 22 atom stereocenters. The van der Waals surface area contributed by atoms with Crippen molar-refractivity contribution in [3.8, 4) is 0 Å². The predicted octanol–water partition coefficient (Wildman–Crippen LogP) is 1.36. The molecule has 4 aliphatic carbocycles. The third-order valence-corrected chi connectivity index (χ3v) is 17.3. The number of ether oxygens (including phenoxy) is 5. The third-order valence-electron chi connectivity index (χ3n) is 17.3. The minimum atomic E-state index is -1.70. The van der Waals surface area contributed by atoms with Crippen LogP contribution in [0.3, 0.4) is 0 Å². The van der Waals surface area contributed by atoms with E-state index in [1.54, 1.807) is 13.8 Å². The highest BCUT2D eigenvalue weighted by molar-refractivity contribution is 5.22. The molecule has 7 fully saturated rings. The summed E-state index contributed by atoms with van der Waals surface area (Å²) in [6.45, 7) is 17.6. The quantitative estimate of drug-likeness (QED) is 0.166. The van der Waals surface area contributed by atoms with Gasteiger partial charge in [-0.05, 0) is 124 Å². The Morgan fingerprint density at radius 2 is 1.41 bits per heavy atom. The second kappa shape index (κ2) is 14.5. The highest BCUT2D eigenvalue weighted by Crippen LogP contribution is 2.76. The summed E-state index contributed by atoms with van der Waals surface area (Å²) in [7, 11) is 0. The van der Waals surface area contributed by atoms with Crippen LogP contribution in [0.5, 0.6) is 0 Å². The van der Waals surface area contributed by atoms with Crippen LogP contribution in [-0.2, 0) is 23.7 Å². The molecule has 0 aromatic carbocycles. The van der Waals surface area contributed by atoms with E-state index in [0.717, 1.165) is 25.7 Å². The van der Waals surface area contributed by atoms with E-state index in [1.807, 2.05) is 0 Å². The number of aliphatic hydroxyl groups is 9. The second-order valence-electron chi connectivity index (χ2n) is 21.2. The molecule has 3 aliphatic heterocycles. The van der Waals surface area contributed by atoms with Crippen molar-refractivity contribution in [1.29, 1.82) is 0 Å². The highest BCUT2D eigenvalue weighted by Gasteiger charge is 2.74. The topological polar surface area (TPSA) is 228 Å². The van der Waals surface area contributed by atoms with Crippen LogP contribution < -0.4 is 0 Å². The molecule has 0 amide bonds. The van der Waals surface area contributed by atoms with Gasteiger partial charge in [0.1, 0.15) is 42.7 Å². The number of hydrogen-bond donors (Lipinski definition) is 9. The molecule has 3 saturated heterocycles. The Morgan fingerprint density at radius 3 is 2.04 bits per heavy atom. The third kappa shape index (κ3) is 6.49. The van der Waals surface area contributed by atoms with Crippen molar-refractivity contribution in [3.05, 3.63) is 0 Å². The maximum Gasteiger partial charge on any atom is 0.187 e. The van der Waals surface area contributed by atoms with Crippen LogP contribution in [0.25, 0.3) is 0 Å². The molecule has 4 saturated carbocycles. The van der Waals surface area contributed by atoms with Crippen molar-refractivity contribution in [3.63, 3.8) is 0 Å². The van der Waals surface area contributed by atoms with Crippen LogP contribution in [0.2, 0.25) is 0 Å². The highest BCUT2D eigenvalue weighted by atomic mass is 16.8. The largest absolute Gasteiger partial charge is 0.394 e. The molecule has 324 valence electrons. The van der Waals surface area contributed by atoms with E-state index in [2.05, 4.69) is 41.5 Å². The summed E-state index contributed by atoms with van der Waals surface area (Å²) in [6, 6.07) is 0. The molecular weight excluding hydrogens is 728 g/mol. The maximum atomic E-state index is 12.4. The molecule has 0 radical (unpaired) electrons. The van der Waals surface area contributed by atoms with Crippen LogP contribution in [0.1, 0.15) is 114 Å². The summed E-state index contributed by atoms with van der Waals surface area (Å²) >= 11 is 0. The Kier molecular flexibility index (Phi) is 11.3. The van der Waals surface area contributed by atoms with Crippen LogP contribution in [-0.4, -0.2) is 150 Å². The van der Waals surface area contributed by atoms with Gasteiger partial charge in [0.25, 0.3) is 0 Å². The summed E-state index contributed by atoms with van der Waals surface area (Å²) in [5.74, 6) is -0.246. The van der Waals surface area contributed by atoms with E-state index >= 15 is 0 Å². The molecule has 14 heteroatoms. The summed E-state index contributed by atoms with van der Waals surface area (Å²) < 4.78 is 32.0. The zero-order chi connectivity index (χ0) is 41.3. The molecule has 14 nitrogen and oxygen atoms in total. The molecule has 9 N–H and O–H groups in total. The lowest BCUT2D eigenvalue weighted by Gasteiger charge is -2.72. The van der Waals surface area contributed by atoms with Crippen LogP contribution in [0.4, 0.5) is 0 Å². The van der Waals surface area contributed by atoms with Gasteiger partial charge in [-0.15, -0.1) is 0 Å². The monoisotopic (exact) mass is 800 g/mol. The molecular formula is C42H72O14. The number of rotatable bonds is 7. The summed E-state index contributed by atoms with van der Waals surface area (Å²) in [5, 5.41) is 99.5. The molecule has 0 aromatic rings. The molecule has 56 heavy (non-hydrogen) atoms. The minimum absolute atomic E-state index is 0.0557. The lowest BCUT2D eigenvalue weighted by molar-refractivity contribution is -0.382. The predicted molar refractivity (Wildman–Crippen MR) is 200 cm³/mol. The van der Waals surface area contributed by atoms with Crippen molar-refractivity contribution >= 4 is 0 Å². The van der Waals surface area contributed by atoms with E-state index in [9.17, 15) is 46.0 Å². The van der Waals surface area contributed by atoms with Crippen LogP contribution in [0, 0.1) is 45.3 Å². The van der Waals surface area contributed by atoms with Gasteiger partial charge in [0.2, 0.25) is 0 Å². The van der Waals surface area contributed by atoms with Crippen molar-refractivity contribution in [2.24, 2.45) is 45.3 Å². The fourth-order valence-electron chi connectivity index (χ4n) is 14.1. The van der Waals surface area contributed by atoms with Crippen molar-refractivity contribution in [1.82, 2.24) is 0 Å². The minimum Gasteiger partial charge on any atom is -0.394 e. The molecule has 7 aliphatic rings. The first kappa shape index (κ1) is 43.5. The van der Waals surface area contributed by atoms with Gasteiger partial charge >= 0.3 is 0 Å². The molecule has 0 unspecified atom stereocenters. The smallest absolute Gasteiger partial charge is 0.187 e. The Hall–Kier alpha value is -0.560. The van der Waals surface area contributed by atoms with Gasteiger partial charge in [-0.1, -0.05) is 34.6 Å². The zero-order valence-corrected chi connectivity index (χ0v) is 34.8. The van der Waals surface area contributed by atoms with Gasteiger partial charge in [0.15, 0.2) is 12.6 Å². The molecule has 0 spiro atoms. The van der Waals surface area contributed by atoms with Gasteiger partial charge in [-0.2, -0.15) is 0 Å². The zero-order valence-electron chi connectivity index (χ0n) is 34.8. The number of aliphatic hydroxyl groups excluding tert-OH is 8. The average molecular weight is 801 g/mol. The summed E-state index contributed by atoms with van der Waals surface area (Å²) in [6.07, 6.45) is -11.0. The Labute approximate surface area is 331 Å². The lowest BCUT2D eigenvalue weighted by atomic mass is 9.34.